The first kappa shape index (κ1) is 19.1. The number of rotatable bonds is 3. The lowest BCUT2D eigenvalue weighted by Gasteiger charge is -2.17. The molecular weight excluding hydrogens is 423 g/mol. The van der Waals surface area contributed by atoms with E-state index in [-0.39, 0.29) is 26.4 Å². The zero-order valence-electron chi connectivity index (χ0n) is 13.2. The summed E-state index contributed by atoms with van der Waals surface area (Å²) < 4.78 is 25.2. The lowest BCUT2D eigenvalue weighted by atomic mass is 10.1. The average molecular weight is 436 g/mol. The van der Waals surface area contributed by atoms with Gasteiger partial charge in [0.15, 0.2) is 0 Å². The third-order valence-electron chi connectivity index (χ3n) is 3.89. The highest BCUT2D eigenvalue weighted by Crippen LogP contribution is 2.38. The number of sulfonamides is 1. The molecule has 1 fully saturated rings. The molecule has 0 atom stereocenters. The second-order valence-electron chi connectivity index (χ2n) is 5.62. The fourth-order valence-electron chi connectivity index (χ4n) is 2.63. The van der Waals surface area contributed by atoms with E-state index in [0.717, 1.165) is 0 Å². The molecular formula is C16H13Cl3N2O4S. The van der Waals surface area contributed by atoms with Crippen LogP contribution in [0.3, 0.4) is 0 Å². The molecule has 0 aliphatic carbocycles. The van der Waals surface area contributed by atoms with Crippen molar-refractivity contribution in [1.29, 1.82) is 0 Å². The molecule has 1 aliphatic rings. The standard InChI is InChI=1S/C16H13Cl3N2O4S/c17-11-8-12(18)15(22)13(14(11)19)16(23)20-9-2-4-10(5-3-9)21-6-1-7-26(21,24)25/h2-5,8,22H,1,6-7H2,(H,20,23). The number of phenolic OH excluding ortho intramolecular Hbond substituents is 1. The minimum Gasteiger partial charge on any atom is -0.505 e. The first-order valence-corrected chi connectivity index (χ1v) is 10.2. The van der Waals surface area contributed by atoms with Gasteiger partial charge in [-0.25, -0.2) is 8.42 Å². The molecule has 1 aliphatic heterocycles. The zero-order chi connectivity index (χ0) is 19.1. The van der Waals surface area contributed by atoms with Crippen LogP contribution in [0, 0.1) is 0 Å². The van der Waals surface area contributed by atoms with Gasteiger partial charge in [0.2, 0.25) is 10.0 Å². The van der Waals surface area contributed by atoms with Crippen LogP contribution in [0.15, 0.2) is 30.3 Å². The van der Waals surface area contributed by atoms with Crippen LogP contribution in [-0.2, 0) is 10.0 Å². The first-order chi connectivity index (χ1) is 12.2. The Morgan fingerprint density at radius 2 is 1.77 bits per heavy atom. The highest BCUT2D eigenvalue weighted by atomic mass is 35.5. The van der Waals surface area contributed by atoms with E-state index >= 15 is 0 Å². The molecule has 2 aromatic rings. The molecule has 3 rings (SSSR count). The fourth-order valence-corrected chi connectivity index (χ4v) is 4.88. The number of halogens is 3. The molecule has 1 amide bonds. The zero-order valence-corrected chi connectivity index (χ0v) is 16.3. The SMILES string of the molecule is O=C(Nc1ccc(N2CCCS2(=O)=O)cc1)c1c(O)c(Cl)cc(Cl)c1Cl. The Hall–Kier alpha value is -1.67. The van der Waals surface area contributed by atoms with Crippen molar-refractivity contribution >= 4 is 62.1 Å². The number of carbonyl (C=O) groups is 1. The topological polar surface area (TPSA) is 86.7 Å². The number of amides is 1. The van der Waals surface area contributed by atoms with E-state index in [2.05, 4.69) is 5.32 Å². The van der Waals surface area contributed by atoms with Crippen molar-refractivity contribution in [3.63, 3.8) is 0 Å². The Bertz CT molecular complexity index is 952. The third-order valence-corrected chi connectivity index (χ3v) is 6.83. The third kappa shape index (κ3) is 3.57. The van der Waals surface area contributed by atoms with E-state index in [0.29, 0.717) is 24.3 Å². The Kier molecular flexibility index (Phi) is 5.25. The van der Waals surface area contributed by atoms with Crippen LogP contribution in [0.2, 0.25) is 15.1 Å². The number of phenols is 1. The summed E-state index contributed by atoms with van der Waals surface area (Å²) in [6.07, 6.45) is 0.578. The average Bonchev–Trinajstić information content (AvgIpc) is 2.93. The first-order valence-electron chi connectivity index (χ1n) is 7.49. The van der Waals surface area contributed by atoms with Gasteiger partial charge in [-0.3, -0.25) is 9.10 Å². The minimum atomic E-state index is -3.27. The maximum absolute atomic E-state index is 12.4. The maximum atomic E-state index is 12.4. The Balaban J connectivity index is 1.83. The van der Waals surface area contributed by atoms with Gasteiger partial charge in [-0.2, -0.15) is 0 Å². The molecule has 10 heteroatoms. The van der Waals surface area contributed by atoms with Crippen molar-refractivity contribution in [1.82, 2.24) is 0 Å². The largest absolute Gasteiger partial charge is 0.505 e. The molecule has 0 bridgehead atoms. The summed E-state index contributed by atoms with van der Waals surface area (Å²) in [4.78, 5) is 12.4. The van der Waals surface area contributed by atoms with Gasteiger partial charge in [0, 0.05) is 12.2 Å². The molecule has 6 nitrogen and oxygen atoms in total. The second-order valence-corrected chi connectivity index (χ2v) is 8.83. The molecule has 26 heavy (non-hydrogen) atoms. The van der Waals surface area contributed by atoms with E-state index in [4.69, 9.17) is 34.8 Å². The van der Waals surface area contributed by atoms with E-state index in [1.807, 2.05) is 0 Å². The van der Waals surface area contributed by atoms with Crippen LogP contribution in [0.4, 0.5) is 11.4 Å². The summed E-state index contributed by atoms with van der Waals surface area (Å²) in [7, 11) is -3.27. The molecule has 0 unspecified atom stereocenters. The lowest BCUT2D eigenvalue weighted by molar-refractivity contribution is 0.102. The molecule has 2 N–H and O–H groups in total. The van der Waals surface area contributed by atoms with Gasteiger partial charge in [0.05, 0.1) is 26.5 Å². The Morgan fingerprint density at radius 1 is 1.12 bits per heavy atom. The van der Waals surface area contributed by atoms with Crippen LogP contribution in [0.5, 0.6) is 5.75 Å². The van der Waals surface area contributed by atoms with Crippen LogP contribution in [-0.4, -0.2) is 31.7 Å². The second kappa shape index (κ2) is 7.15. The van der Waals surface area contributed by atoms with Crippen molar-refractivity contribution in [2.24, 2.45) is 0 Å². The summed E-state index contributed by atoms with van der Waals surface area (Å²) in [6, 6.07) is 7.52. The van der Waals surface area contributed by atoms with E-state index in [9.17, 15) is 18.3 Å². The predicted octanol–water partition coefficient (Wildman–Crippen LogP) is 4.14. The van der Waals surface area contributed by atoms with Gasteiger partial charge in [-0.05, 0) is 36.8 Å². The Labute approximate surface area is 165 Å². The summed E-state index contributed by atoms with van der Waals surface area (Å²) in [5, 5.41) is 12.4. The molecule has 0 saturated carbocycles. The summed E-state index contributed by atoms with van der Waals surface area (Å²) >= 11 is 17.7. The lowest BCUT2D eigenvalue weighted by Crippen LogP contribution is -2.25. The van der Waals surface area contributed by atoms with E-state index in [1.54, 1.807) is 24.3 Å². The highest BCUT2D eigenvalue weighted by molar-refractivity contribution is 7.93. The summed E-state index contributed by atoms with van der Waals surface area (Å²) in [5.41, 5.74) is 0.671. The number of anilines is 2. The van der Waals surface area contributed by atoms with Gasteiger partial charge in [0.1, 0.15) is 11.3 Å². The number of hydrogen-bond donors (Lipinski definition) is 2. The van der Waals surface area contributed by atoms with E-state index in [1.165, 1.54) is 10.4 Å². The number of aromatic hydroxyl groups is 1. The van der Waals surface area contributed by atoms with Gasteiger partial charge >= 0.3 is 0 Å². The smallest absolute Gasteiger partial charge is 0.261 e. The Morgan fingerprint density at radius 3 is 2.35 bits per heavy atom. The van der Waals surface area contributed by atoms with Crippen LogP contribution in [0.1, 0.15) is 16.8 Å². The maximum Gasteiger partial charge on any atom is 0.261 e. The highest BCUT2D eigenvalue weighted by Gasteiger charge is 2.28. The molecule has 0 spiro atoms. The molecule has 2 aromatic carbocycles. The van der Waals surface area contributed by atoms with Gasteiger partial charge in [-0.15, -0.1) is 0 Å². The monoisotopic (exact) mass is 434 g/mol. The van der Waals surface area contributed by atoms with Crippen molar-refractivity contribution in [3.8, 4) is 5.75 Å². The number of nitrogens with zero attached hydrogens (tertiary/aromatic N) is 1. The van der Waals surface area contributed by atoms with Crippen LogP contribution < -0.4 is 9.62 Å². The number of carbonyl (C=O) groups excluding carboxylic acids is 1. The fraction of sp³-hybridized carbons (Fsp3) is 0.188. The normalized spacial score (nSPS) is 15.9. The van der Waals surface area contributed by atoms with Gasteiger partial charge in [-0.1, -0.05) is 34.8 Å². The quantitative estimate of drug-likeness (QED) is 0.709. The number of hydrogen-bond acceptors (Lipinski definition) is 4. The molecule has 0 radical (unpaired) electrons. The molecule has 138 valence electrons. The van der Waals surface area contributed by atoms with Crippen molar-refractivity contribution < 1.29 is 18.3 Å². The molecule has 1 heterocycles. The molecule has 1 saturated heterocycles. The van der Waals surface area contributed by atoms with Gasteiger partial charge in [0.25, 0.3) is 5.91 Å². The van der Waals surface area contributed by atoms with Crippen LogP contribution >= 0.6 is 34.8 Å². The summed E-state index contributed by atoms with van der Waals surface area (Å²) in [5.74, 6) is -1.05. The van der Waals surface area contributed by atoms with Gasteiger partial charge < -0.3 is 10.4 Å². The number of benzene rings is 2. The van der Waals surface area contributed by atoms with E-state index < -0.39 is 21.7 Å². The minimum absolute atomic E-state index is 0.0363. The summed E-state index contributed by atoms with van der Waals surface area (Å²) in [6.45, 7) is 0.429. The van der Waals surface area contributed by atoms with Crippen molar-refractivity contribution in [2.45, 2.75) is 6.42 Å². The number of nitrogens with one attached hydrogen (secondary N) is 1. The van der Waals surface area contributed by atoms with Crippen LogP contribution in [0.25, 0.3) is 0 Å². The predicted molar refractivity (Wildman–Crippen MR) is 103 cm³/mol. The van der Waals surface area contributed by atoms with Crippen molar-refractivity contribution in [2.75, 3.05) is 21.9 Å². The molecule has 0 aromatic heterocycles. The van der Waals surface area contributed by atoms with Crippen molar-refractivity contribution in [3.05, 3.63) is 51.0 Å².